The Kier molecular flexibility index (Phi) is 5.89. The molecule has 1 aliphatic carbocycles. The third kappa shape index (κ3) is 4.63. The molecule has 1 fully saturated rings. The maximum atomic E-state index is 12.6. The summed E-state index contributed by atoms with van der Waals surface area (Å²) in [6, 6.07) is 16.9. The lowest BCUT2D eigenvalue weighted by Crippen LogP contribution is -2.40. The number of rotatable bonds is 6. The third-order valence-corrected chi connectivity index (χ3v) is 4.55. The van der Waals surface area contributed by atoms with Gasteiger partial charge in [0.15, 0.2) is 6.10 Å². The van der Waals surface area contributed by atoms with Crippen molar-refractivity contribution >= 4 is 23.3 Å². The van der Waals surface area contributed by atoms with Crippen molar-refractivity contribution in [1.29, 1.82) is 0 Å². The minimum absolute atomic E-state index is 0.204. The molecule has 0 unspecified atom stereocenters. The van der Waals surface area contributed by atoms with Crippen molar-refractivity contribution in [2.45, 2.75) is 44.8 Å². The zero-order valence-electron chi connectivity index (χ0n) is 14.9. The molecule has 2 aromatic carbocycles. The molecule has 0 aromatic heterocycles. The van der Waals surface area contributed by atoms with Crippen LogP contribution in [0.4, 0.5) is 11.4 Å². The summed E-state index contributed by atoms with van der Waals surface area (Å²) in [5, 5.41) is 6.17. The zero-order chi connectivity index (χ0) is 18.4. The van der Waals surface area contributed by atoms with Gasteiger partial charge in [0, 0.05) is 11.7 Å². The van der Waals surface area contributed by atoms with Gasteiger partial charge in [0.25, 0.3) is 5.91 Å². The average molecular weight is 352 g/mol. The summed E-state index contributed by atoms with van der Waals surface area (Å²) >= 11 is 0. The van der Waals surface area contributed by atoms with Gasteiger partial charge in [0.2, 0.25) is 0 Å². The van der Waals surface area contributed by atoms with Crippen molar-refractivity contribution in [2.24, 2.45) is 0 Å². The molecule has 136 valence electrons. The van der Waals surface area contributed by atoms with Crippen molar-refractivity contribution in [3.63, 3.8) is 0 Å². The van der Waals surface area contributed by atoms with E-state index in [4.69, 9.17) is 4.74 Å². The molecule has 5 heteroatoms. The van der Waals surface area contributed by atoms with E-state index >= 15 is 0 Å². The minimum atomic E-state index is -0.826. The molecule has 2 aromatic rings. The number of ether oxygens (including phenoxy) is 1. The number of para-hydroxylation sites is 2. The van der Waals surface area contributed by atoms with E-state index in [1.807, 2.05) is 42.5 Å². The van der Waals surface area contributed by atoms with E-state index < -0.39 is 12.1 Å². The molecule has 1 aliphatic rings. The van der Waals surface area contributed by atoms with Crippen LogP contribution in [0.2, 0.25) is 0 Å². The second kappa shape index (κ2) is 8.52. The molecule has 3 rings (SSSR count). The number of carbonyl (C=O) groups excluding carboxylic acids is 2. The Balaban J connectivity index is 1.64. The highest BCUT2D eigenvalue weighted by atomic mass is 16.5. The lowest BCUT2D eigenvalue weighted by atomic mass is 10.1. The molecule has 5 nitrogen and oxygen atoms in total. The van der Waals surface area contributed by atoms with Crippen molar-refractivity contribution in [3.05, 3.63) is 60.2 Å². The third-order valence-electron chi connectivity index (χ3n) is 4.55. The van der Waals surface area contributed by atoms with Gasteiger partial charge in [-0.2, -0.15) is 0 Å². The number of hydrogen-bond donors (Lipinski definition) is 2. The quantitative estimate of drug-likeness (QED) is 0.770. The largest absolute Gasteiger partial charge is 0.449 e. The summed E-state index contributed by atoms with van der Waals surface area (Å²) < 4.78 is 5.40. The molecule has 1 saturated carbocycles. The number of esters is 1. The van der Waals surface area contributed by atoms with Crippen LogP contribution >= 0.6 is 0 Å². The molecule has 2 N–H and O–H groups in total. The Morgan fingerprint density at radius 2 is 1.65 bits per heavy atom. The van der Waals surface area contributed by atoms with Crippen molar-refractivity contribution in [1.82, 2.24) is 5.32 Å². The van der Waals surface area contributed by atoms with Crippen molar-refractivity contribution in [2.75, 3.05) is 5.32 Å². The maximum Gasteiger partial charge on any atom is 0.341 e. The number of anilines is 2. The van der Waals surface area contributed by atoms with Gasteiger partial charge in [-0.1, -0.05) is 43.2 Å². The van der Waals surface area contributed by atoms with Crippen LogP contribution < -0.4 is 10.6 Å². The monoisotopic (exact) mass is 352 g/mol. The van der Waals surface area contributed by atoms with E-state index in [-0.39, 0.29) is 11.9 Å². The fourth-order valence-corrected chi connectivity index (χ4v) is 3.11. The summed E-state index contributed by atoms with van der Waals surface area (Å²) in [5.41, 5.74) is 1.92. The highest BCUT2D eigenvalue weighted by Gasteiger charge is 2.24. The molecule has 0 radical (unpaired) electrons. The molecule has 0 heterocycles. The van der Waals surface area contributed by atoms with Crippen LogP contribution in [0, 0.1) is 0 Å². The molecular formula is C21H24N2O3. The highest BCUT2D eigenvalue weighted by Crippen LogP contribution is 2.22. The first-order valence-corrected chi connectivity index (χ1v) is 9.06. The molecular weight excluding hydrogens is 328 g/mol. The van der Waals surface area contributed by atoms with E-state index in [0.29, 0.717) is 11.3 Å². The average Bonchev–Trinajstić information content (AvgIpc) is 3.16. The van der Waals surface area contributed by atoms with Crippen LogP contribution in [0.5, 0.6) is 0 Å². The fourth-order valence-electron chi connectivity index (χ4n) is 3.11. The van der Waals surface area contributed by atoms with Gasteiger partial charge in [0.05, 0.1) is 11.3 Å². The van der Waals surface area contributed by atoms with Gasteiger partial charge in [-0.3, -0.25) is 4.79 Å². The smallest absolute Gasteiger partial charge is 0.341 e. The van der Waals surface area contributed by atoms with Gasteiger partial charge in [-0.05, 0) is 44.0 Å². The van der Waals surface area contributed by atoms with E-state index in [9.17, 15) is 9.59 Å². The van der Waals surface area contributed by atoms with Gasteiger partial charge in [-0.25, -0.2) is 4.79 Å². The predicted octanol–water partition coefficient (Wildman–Crippen LogP) is 4.03. The Bertz CT molecular complexity index is 755. The summed E-state index contributed by atoms with van der Waals surface area (Å²) in [5.74, 6) is -0.753. The number of nitrogens with one attached hydrogen (secondary N) is 2. The molecule has 0 aliphatic heterocycles. The van der Waals surface area contributed by atoms with Gasteiger partial charge >= 0.3 is 5.97 Å². The Hall–Kier alpha value is -2.82. The van der Waals surface area contributed by atoms with E-state index in [0.717, 1.165) is 31.4 Å². The molecule has 0 saturated heterocycles. The van der Waals surface area contributed by atoms with Crippen LogP contribution in [0.1, 0.15) is 43.0 Å². The number of hydrogen-bond acceptors (Lipinski definition) is 4. The molecule has 26 heavy (non-hydrogen) atoms. The van der Waals surface area contributed by atoms with Gasteiger partial charge < -0.3 is 15.4 Å². The fraction of sp³-hybridized carbons (Fsp3) is 0.333. The topological polar surface area (TPSA) is 67.4 Å². The first-order chi connectivity index (χ1) is 12.6. The molecule has 1 amide bonds. The second-order valence-electron chi connectivity index (χ2n) is 6.57. The first kappa shape index (κ1) is 18.0. The Labute approximate surface area is 153 Å². The standard InChI is InChI=1S/C21H24N2O3/c1-15(20(24)23-17-11-5-6-12-17)26-21(25)18-13-7-8-14-19(18)22-16-9-3-2-4-10-16/h2-4,7-10,13-15,17,22H,5-6,11-12H2,1H3,(H,23,24)/t15-/m0/s1. The van der Waals surface area contributed by atoms with Gasteiger partial charge in [0.1, 0.15) is 0 Å². The van der Waals surface area contributed by atoms with Crippen LogP contribution in [0.25, 0.3) is 0 Å². The first-order valence-electron chi connectivity index (χ1n) is 9.06. The van der Waals surface area contributed by atoms with Crippen LogP contribution in [0.3, 0.4) is 0 Å². The lowest BCUT2D eigenvalue weighted by molar-refractivity contribution is -0.129. The van der Waals surface area contributed by atoms with Crippen LogP contribution in [-0.2, 0) is 9.53 Å². The van der Waals surface area contributed by atoms with Crippen LogP contribution in [0.15, 0.2) is 54.6 Å². The molecule has 0 spiro atoms. The number of carbonyl (C=O) groups is 2. The van der Waals surface area contributed by atoms with Crippen LogP contribution in [-0.4, -0.2) is 24.0 Å². The zero-order valence-corrected chi connectivity index (χ0v) is 14.9. The second-order valence-corrected chi connectivity index (χ2v) is 6.57. The van der Waals surface area contributed by atoms with Gasteiger partial charge in [-0.15, -0.1) is 0 Å². The van der Waals surface area contributed by atoms with E-state index in [1.54, 1.807) is 19.1 Å². The predicted molar refractivity (Wildman–Crippen MR) is 101 cm³/mol. The number of amides is 1. The van der Waals surface area contributed by atoms with Crippen molar-refractivity contribution < 1.29 is 14.3 Å². The maximum absolute atomic E-state index is 12.6. The summed E-state index contributed by atoms with van der Waals surface area (Å²) in [4.78, 5) is 24.8. The summed E-state index contributed by atoms with van der Waals surface area (Å²) in [7, 11) is 0. The number of benzene rings is 2. The molecule has 1 atom stereocenters. The normalized spacial score (nSPS) is 15.3. The summed E-state index contributed by atoms with van der Waals surface area (Å²) in [6.07, 6.45) is 3.44. The minimum Gasteiger partial charge on any atom is -0.449 e. The van der Waals surface area contributed by atoms with Crippen molar-refractivity contribution in [3.8, 4) is 0 Å². The summed E-state index contributed by atoms with van der Waals surface area (Å²) in [6.45, 7) is 1.61. The molecule has 0 bridgehead atoms. The lowest BCUT2D eigenvalue weighted by Gasteiger charge is -2.18. The van der Waals surface area contributed by atoms with E-state index in [1.165, 1.54) is 0 Å². The highest BCUT2D eigenvalue weighted by molar-refractivity contribution is 5.98. The Morgan fingerprint density at radius 3 is 2.38 bits per heavy atom. The van der Waals surface area contributed by atoms with E-state index in [2.05, 4.69) is 10.6 Å². The Morgan fingerprint density at radius 1 is 1.00 bits per heavy atom. The SMILES string of the molecule is C[C@H](OC(=O)c1ccccc1Nc1ccccc1)C(=O)NC1CCCC1.